The number of aryl methyl sites for hydroxylation is 1. The average Bonchev–Trinajstić information content (AvgIpc) is 3.41. The molecule has 0 unspecified atom stereocenters. The molecule has 0 N–H and O–H groups in total. The monoisotopic (exact) mass is 398 g/mol. The van der Waals surface area contributed by atoms with Gasteiger partial charge >= 0.3 is 0 Å². The number of carbonyl (C=O) groups is 2. The Balaban J connectivity index is 1.56. The maximum atomic E-state index is 13.3. The number of carbonyl (C=O) groups excluding carboxylic acids is 2. The third-order valence-corrected chi connectivity index (χ3v) is 5.41. The molecule has 2 aliphatic heterocycles. The molecule has 1 aromatic carbocycles. The van der Waals surface area contributed by atoms with Gasteiger partial charge in [0.25, 0.3) is 5.91 Å². The summed E-state index contributed by atoms with van der Waals surface area (Å²) < 4.78 is 13.1. The Hall–Kier alpha value is -2.87. The summed E-state index contributed by atoms with van der Waals surface area (Å²) in [4.78, 5) is 30.0. The minimum absolute atomic E-state index is 0.0385. The van der Waals surface area contributed by atoms with E-state index in [0.29, 0.717) is 51.5 Å². The standard InChI is InChI=1S/C21H26N4O4/c1-2-25-18(8-9-22-25)21(27)24-15-17(29-16-6-4-3-5-7-16)14-19(24)20(26)23-10-12-28-13-11-23/h3-9,17,19H,2,10-15H2,1H3/t17-,19+/m0/s1. The topological polar surface area (TPSA) is 76.9 Å². The summed E-state index contributed by atoms with van der Waals surface area (Å²) in [5.74, 6) is 0.515. The van der Waals surface area contributed by atoms with E-state index in [-0.39, 0.29) is 17.9 Å². The van der Waals surface area contributed by atoms with E-state index in [0.717, 1.165) is 5.75 Å². The minimum atomic E-state index is -0.547. The molecule has 29 heavy (non-hydrogen) atoms. The molecule has 0 saturated carbocycles. The van der Waals surface area contributed by atoms with Crippen molar-refractivity contribution in [3.05, 3.63) is 48.3 Å². The molecular weight excluding hydrogens is 372 g/mol. The van der Waals surface area contributed by atoms with Crippen LogP contribution in [0.5, 0.6) is 5.75 Å². The average molecular weight is 398 g/mol. The van der Waals surface area contributed by atoms with Crippen molar-refractivity contribution in [3.8, 4) is 5.75 Å². The van der Waals surface area contributed by atoms with E-state index >= 15 is 0 Å². The van der Waals surface area contributed by atoms with Gasteiger partial charge in [0.2, 0.25) is 5.91 Å². The lowest BCUT2D eigenvalue weighted by atomic mass is 10.1. The minimum Gasteiger partial charge on any atom is -0.488 e. The number of amides is 2. The molecule has 4 rings (SSSR count). The molecular formula is C21H26N4O4. The van der Waals surface area contributed by atoms with Crippen LogP contribution in [0.3, 0.4) is 0 Å². The van der Waals surface area contributed by atoms with E-state index in [4.69, 9.17) is 9.47 Å². The van der Waals surface area contributed by atoms with Gasteiger partial charge in [0.15, 0.2) is 0 Å². The fourth-order valence-electron chi connectivity index (χ4n) is 3.94. The second-order valence-corrected chi connectivity index (χ2v) is 7.23. The Morgan fingerprint density at radius 1 is 1.17 bits per heavy atom. The van der Waals surface area contributed by atoms with Crippen LogP contribution in [0.2, 0.25) is 0 Å². The normalized spacial score (nSPS) is 22.0. The summed E-state index contributed by atoms with van der Waals surface area (Å²) in [5.41, 5.74) is 0.493. The summed E-state index contributed by atoms with van der Waals surface area (Å²) in [7, 11) is 0. The van der Waals surface area contributed by atoms with Crippen LogP contribution in [0.1, 0.15) is 23.8 Å². The van der Waals surface area contributed by atoms with E-state index in [1.54, 1.807) is 26.7 Å². The van der Waals surface area contributed by atoms with Gasteiger partial charge in [-0.1, -0.05) is 18.2 Å². The van der Waals surface area contributed by atoms with Gasteiger partial charge in [-0.15, -0.1) is 0 Å². The molecule has 2 aliphatic rings. The van der Waals surface area contributed by atoms with Crippen LogP contribution in [0, 0.1) is 0 Å². The summed E-state index contributed by atoms with van der Waals surface area (Å²) in [6.45, 7) is 5.05. The lowest BCUT2D eigenvalue weighted by molar-refractivity contribution is -0.139. The molecule has 0 bridgehead atoms. The van der Waals surface area contributed by atoms with Gasteiger partial charge in [0.05, 0.1) is 19.8 Å². The van der Waals surface area contributed by atoms with Crippen molar-refractivity contribution in [3.63, 3.8) is 0 Å². The third kappa shape index (κ3) is 4.12. The zero-order valence-corrected chi connectivity index (χ0v) is 16.6. The lowest BCUT2D eigenvalue weighted by Crippen LogP contribution is -2.51. The first-order valence-corrected chi connectivity index (χ1v) is 10.1. The summed E-state index contributed by atoms with van der Waals surface area (Å²) in [6.07, 6.45) is 1.84. The van der Waals surface area contributed by atoms with Crippen molar-refractivity contribution in [1.29, 1.82) is 0 Å². The lowest BCUT2D eigenvalue weighted by Gasteiger charge is -2.32. The van der Waals surface area contributed by atoms with Crippen molar-refractivity contribution >= 4 is 11.8 Å². The molecule has 2 fully saturated rings. The number of benzene rings is 1. The number of ether oxygens (including phenoxy) is 2. The Morgan fingerprint density at radius 2 is 1.93 bits per heavy atom. The zero-order chi connectivity index (χ0) is 20.2. The Bertz CT molecular complexity index is 847. The number of rotatable bonds is 5. The molecule has 2 amide bonds. The van der Waals surface area contributed by atoms with Crippen LogP contribution in [0.25, 0.3) is 0 Å². The predicted octanol–water partition coefficient (Wildman–Crippen LogP) is 1.42. The Morgan fingerprint density at radius 3 is 2.66 bits per heavy atom. The van der Waals surface area contributed by atoms with Gasteiger partial charge in [-0.05, 0) is 25.1 Å². The summed E-state index contributed by atoms with van der Waals surface area (Å²) in [6, 6.07) is 10.7. The molecule has 154 valence electrons. The SMILES string of the molecule is CCn1nccc1C(=O)N1C[C@@H](Oc2ccccc2)C[C@@H]1C(=O)N1CCOCC1. The number of nitrogens with zero attached hydrogens (tertiary/aromatic N) is 4. The predicted molar refractivity (Wildman–Crippen MR) is 106 cm³/mol. The molecule has 0 spiro atoms. The van der Waals surface area contributed by atoms with E-state index < -0.39 is 6.04 Å². The number of hydrogen-bond donors (Lipinski definition) is 0. The second kappa shape index (κ2) is 8.65. The number of aromatic nitrogens is 2. The van der Waals surface area contributed by atoms with Crippen LogP contribution < -0.4 is 4.74 Å². The van der Waals surface area contributed by atoms with Gasteiger partial charge in [0.1, 0.15) is 23.6 Å². The maximum absolute atomic E-state index is 13.3. The number of hydrogen-bond acceptors (Lipinski definition) is 5. The van der Waals surface area contributed by atoms with Gasteiger partial charge in [0, 0.05) is 32.3 Å². The number of morpholine rings is 1. The van der Waals surface area contributed by atoms with E-state index in [1.165, 1.54) is 0 Å². The molecule has 8 nitrogen and oxygen atoms in total. The molecule has 2 aromatic rings. The number of likely N-dealkylation sites (tertiary alicyclic amines) is 1. The first-order chi connectivity index (χ1) is 14.2. The quantitative estimate of drug-likeness (QED) is 0.761. The van der Waals surface area contributed by atoms with Crippen molar-refractivity contribution < 1.29 is 19.1 Å². The largest absolute Gasteiger partial charge is 0.488 e. The van der Waals surface area contributed by atoms with E-state index in [1.807, 2.05) is 37.3 Å². The van der Waals surface area contributed by atoms with Gasteiger partial charge < -0.3 is 19.3 Å². The highest BCUT2D eigenvalue weighted by Gasteiger charge is 2.43. The molecule has 3 heterocycles. The molecule has 2 saturated heterocycles. The van der Waals surface area contributed by atoms with Crippen molar-refractivity contribution in [2.45, 2.75) is 32.0 Å². The highest BCUT2D eigenvalue weighted by atomic mass is 16.5. The van der Waals surface area contributed by atoms with Crippen LogP contribution in [-0.4, -0.2) is 76.4 Å². The molecule has 1 aromatic heterocycles. The Labute approximate surface area is 170 Å². The van der Waals surface area contributed by atoms with Gasteiger partial charge in [-0.25, -0.2) is 0 Å². The van der Waals surface area contributed by atoms with Crippen LogP contribution in [0.4, 0.5) is 0 Å². The maximum Gasteiger partial charge on any atom is 0.272 e. The fourth-order valence-corrected chi connectivity index (χ4v) is 3.94. The van der Waals surface area contributed by atoms with Gasteiger partial charge in [-0.2, -0.15) is 5.10 Å². The summed E-state index contributed by atoms with van der Waals surface area (Å²) in [5, 5.41) is 4.20. The van der Waals surface area contributed by atoms with Crippen LogP contribution >= 0.6 is 0 Å². The molecule has 0 aliphatic carbocycles. The fraction of sp³-hybridized carbons (Fsp3) is 0.476. The van der Waals surface area contributed by atoms with Crippen LogP contribution in [0.15, 0.2) is 42.6 Å². The highest BCUT2D eigenvalue weighted by Crippen LogP contribution is 2.26. The Kier molecular flexibility index (Phi) is 5.80. The molecule has 8 heteroatoms. The van der Waals surface area contributed by atoms with Crippen LogP contribution in [-0.2, 0) is 16.1 Å². The van der Waals surface area contributed by atoms with E-state index in [2.05, 4.69) is 5.10 Å². The first-order valence-electron chi connectivity index (χ1n) is 10.1. The second-order valence-electron chi connectivity index (χ2n) is 7.23. The first kappa shape index (κ1) is 19.4. The smallest absolute Gasteiger partial charge is 0.272 e. The molecule has 2 atom stereocenters. The van der Waals surface area contributed by atoms with Gasteiger partial charge in [-0.3, -0.25) is 14.3 Å². The van der Waals surface area contributed by atoms with Crippen molar-refractivity contribution in [2.24, 2.45) is 0 Å². The van der Waals surface area contributed by atoms with Crippen molar-refractivity contribution in [1.82, 2.24) is 19.6 Å². The summed E-state index contributed by atoms with van der Waals surface area (Å²) >= 11 is 0. The number of para-hydroxylation sites is 1. The third-order valence-electron chi connectivity index (χ3n) is 5.41. The molecule has 0 radical (unpaired) electrons. The van der Waals surface area contributed by atoms with Crippen molar-refractivity contribution in [2.75, 3.05) is 32.8 Å². The highest BCUT2D eigenvalue weighted by molar-refractivity contribution is 5.97. The zero-order valence-electron chi connectivity index (χ0n) is 16.6. The van der Waals surface area contributed by atoms with E-state index in [9.17, 15) is 9.59 Å².